The predicted octanol–water partition coefficient (Wildman–Crippen LogP) is 5.25. The van der Waals surface area contributed by atoms with Crippen molar-refractivity contribution < 1.29 is 14.6 Å². The number of nitrogens with one attached hydrogen (secondary N) is 2. The van der Waals surface area contributed by atoms with Crippen molar-refractivity contribution in [1.82, 2.24) is 10.3 Å². The molecule has 156 valence electrons. The number of rotatable bonds is 8. The lowest BCUT2D eigenvalue weighted by molar-refractivity contribution is 0.0693. The summed E-state index contributed by atoms with van der Waals surface area (Å²) in [5, 5.41) is 13.9. The van der Waals surface area contributed by atoms with Crippen molar-refractivity contribution in [3.05, 3.63) is 77.6 Å². The lowest BCUT2D eigenvalue weighted by atomic mass is 9.88. The molecule has 2 atom stereocenters. The van der Waals surface area contributed by atoms with Crippen molar-refractivity contribution >= 4 is 16.9 Å². The third-order valence-electron chi connectivity index (χ3n) is 5.99. The Morgan fingerprint density at radius 2 is 2.03 bits per heavy atom. The number of carboxylic acids is 1. The van der Waals surface area contributed by atoms with E-state index in [1.165, 1.54) is 18.2 Å². The Bertz CT molecular complexity index is 1040. The Kier molecular flexibility index (Phi) is 6.07. The van der Waals surface area contributed by atoms with Gasteiger partial charge in [-0.25, -0.2) is 4.79 Å². The number of H-pyrrole nitrogens is 1. The van der Waals surface area contributed by atoms with E-state index in [4.69, 9.17) is 4.74 Å². The number of unbranched alkanes of at least 4 members (excludes halogenated alkanes) is 1. The minimum atomic E-state index is -0.979. The van der Waals surface area contributed by atoms with Crippen LogP contribution in [0.1, 0.15) is 53.1 Å². The Balaban J connectivity index is 1.33. The highest BCUT2D eigenvalue weighted by atomic mass is 16.5. The summed E-state index contributed by atoms with van der Waals surface area (Å²) in [6, 6.07) is 14.7. The van der Waals surface area contributed by atoms with Crippen LogP contribution >= 0.6 is 0 Å². The summed E-state index contributed by atoms with van der Waals surface area (Å²) in [6.07, 6.45) is 11.8. The van der Waals surface area contributed by atoms with Gasteiger partial charge in [-0.2, -0.15) is 0 Å². The molecule has 0 spiro atoms. The number of fused-ring (bicyclic) bond motifs is 1. The second-order valence-corrected chi connectivity index (χ2v) is 7.94. The van der Waals surface area contributed by atoms with Crippen LogP contribution in [0.25, 0.3) is 10.9 Å². The topological polar surface area (TPSA) is 74.3 Å². The number of hydrogen-bond acceptors (Lipinski definition) is 3. The first kappa shape index (κ1) is 20.1. The number of aromatic amines is 1. The molecular formula is C25H28N2O3. The second-order valence-electron chi connectivity index (χ2n) is 7.94. The van der Waals surface area contributed by atoms with Crippen molar-refractivity contribution in [2.45, 2.75) is 44.1 Å². The van der Waals surface area contributed by atoms with E-state index in [1.54, 1.807) is 6.07 Å². The molecule has 0 amide bonds. The van der Waals surface area contributed by atoms with Gasteiger partial charge in [0.05, 0.1) is 7.11 Å². The highest BCUT2D eigenvalue weighted by Gasteiger charge is 2.19. The number of aromatic nitrogens is 1. The first-order chi connectivity index (χ1) is 14.7. The molecule has 0 radical (unpaired) electrons. The van der Waals surface area contributed by atoms with E-state index in [0.717, 1.165) is 43.0 Å². The minimum absolute atomic E-state index is 0.183. The molecule has 1 aliphatic rings. The summed E-state index contributed by atoms with van der Waals surface area (Å²) in [6.45, 7) is 0. The Hall–Kier alpha value is -3.21. The number of ether oxygens (including phenoxy) is 1. The molecule has 2 unspecified atom stereocenters. The van der Waals surface area contributed by atoms with Crippen LogP contribution in [0, 0.1) is 0 Å². The van der Waals surface area contributed by atoms with Crippen LogP contribution in [0.15, 0.2) is 60.9 Å². The molecule has 0 saturated heterocycles. The van der Waals surface area contributed by atoms with Gasteiger partial charge in [-0.1, -0.05) is 42.8 Å². The fourth-order valence-corrected chi connectivity index (χ4v) is 4.37. The molecule has 2 aromatic carbocycles. The molecule has 30 heavy (non-hydrogen) atoms. The predicted molar refractivity (Wildman–Crippen MR) is 119 cm³/mol. The first-order valence-corrected chi connectivity index (χ1v) is 10.5. The van der Waals surface area contributed by atoms with E-state index < -0.39 is 5.97 Å². The quantitative estimate of drug-likeness (QED) is 0.449. The SMILES string of the molecule is COc1cc2c(CCCCC3CC(c4ccccc4)C=CN3)c[nH]c2cc1C(=O)O. The molecular weight excluding hydrogens is 376 g/mol. The van der Waals surface area contributed by atoms with Gasteiger partial charge in [-0.15, -0.1) is 0 Å². The zero-order valence-electron chi connectivity index (χ0n) is 17.2. The number of hydrogen-bond donors (Lipinski definition) is 3. The van der Waals surface area contributed by atoms with E-state index in [9.17, 15) is 9.90 Å². The van der Waals surface area contributed by atoms with Gasteiger partial charge in [0, 0.05) is 29.1 Å². The summed E-state index contributed by atoms with van der Waals surface area (Å²) < 4.78 is 5.28. The molecule has 0 bridgehead atoms. The van der Waals surface area contributed by atoms with Crippen molar-refractivity contribution in [3.8, 4) is 5.75 Å². The molecule has 2 heterocycles. The summed E-state index contributed by atoms with van der Waals surface area (Å²) in [5.41, 5.74) is 3.61. The standard InChI is InChI=1S/C25H28N2O3/c1-30-24-15-21-19(16-27-23(21)14-22(24)25(28)29)9-5-6-10-20-13-18(11-12-26-20)17-7-3-2-4-8-17/h2-4,7-8,11-12,14-16,18,20,26-27H,5-6,9-10,13H2,1H3,(H,28,29). The van der Waals surface area contributed by atoms with Crippen LogP contribution in [0.3, 0.4) is 0 Å². The number of aromatic carboxylic acids is 1. The van der Waals surface area contributed by atoms with Crippen molar-refractivity contribution in [1.29, 1.82) is 0 Å². The summed E-state index contributed by atoms with van der Waals surface area (Å²) >= 11 is 0. The molecule has 0 saturated carbocycles. The lowest BCUT2D eigenvalue weighted by Crippen LogP contribution is -2.29. The fraction of sp³-hybridized carbons (Fsp3) is 0.320. The van der Waals surface area contributed by atoms with Gasteiger partial charge in [0.15, 0.2) is 0 Å². The largest absolute Gasteiger partial charge is 0.496 e. The minimum Gasteiger partial charge on any atom is -0.496 e. The Morgan fingerprint density at radius 3 is 2.80 bits per heavy atom. The van der Waals surface area contributed by atoms with Gasteiger partial charge in [0.1, 0.15) is 11.3 Å². The number of allylic oxidation sites excluding steroid dienone is 1. The third-order valence-corrected chi connectivity index (χ3v) is 5.99. The van der Waals surface area contributed by atoms with Crippen LogP contribution in [0.5, 0.6) is 5.75 Å². The van der Waals surface area contributed by atoms with Crippen molar-refractivity contribution in [2.75, 3.05) is 7.11 Å². The molecule has 3 N–H and O–H groups in total. The number of benzene rings is 2. The summed E-state index contributed by atoms with van der Waals surface area (Å²) in [7, 11) is 1.51. The van der Waals surface area contributed by atoms with Gasteiger partial charge in [0.25, 0.3) is 0 Å². The first-order valence-electron chi connectivity index (χ1n) is 10.5. The third kappa shape index (κ3) is 4.35. The second kappa shape index (κ2) is 9.08. The Morgan fingerprint density at radius 1 is 1.20 bits per heavy atom. The summed E-state index contributed by atoms with van der Waals surface area (Å²) in [5.74, 6) is -0.0873. The van der Waals surface area contributed by atoms with Gasteiger partial charge in [0.2, 0.25) is 0 Å². The summed E-state index contributed by atoms with van der Waals surface area (Å²) in [4.78, 5) is 14.6. The van der Waals surface area contributed by atoms with E-state index in [1.807, 2.05) is 12.3 Å². The molecule has 3 aromatic rings. The van der Waals surface area contributed by atoms with E-state index in [-0.39, 0.29) is 5.56 Å². The number of carbonyl (C=O) groups is 1. The average Bonchev–Trinajstić information content (AvgIpc) is 3.18. The maximum Gasteiger partial charge on any atom is 0.339 e. The highest BCUT2D eigenvalue weighted by Crippen LogP contribution is 2.30. The zero-order valence-corrected chi connectivity index (χ0v) is 17.2. The van der Waals surface area contributed by atoms with E-state index >= 15 is 0 Å². The van der Waals surface area contributed by atoms with Gasteiger partial charge >= 0.3 is 5.97 Å². The van der Waals surface area contributed by atoms with E-state index in [2.05, 4.69) is 52.9 Å². The van der Waals surface area contributed by atoms with Gasteiger partial charge < -0.3 is 20.1 Å². The molecule has 5 heteroatoms. The van der Waals surface area contributed by atoms with Crippen LogP contribution in [0.2, 0.25) is 0 Å². The van der Waals surface area contributed by atoms with Crippen LogP contribution < -0.4 is 10.1 Å². The maximum absolute atomic E-state index is 11.4. The van der Waals surface area contributed by atoms with E-state index in [0.29, 0.717) is 17.7 Å². The fourth-order valence-electron chi connectivity index (χ4n) is 4.37. The monoisotopic (exact) mass is 404 g/mol. The normalized spacial score (nSPS) is 18.3. The molecule has 1 aromatic heterocycles. The molecule has 4 rings (SSSR count). The number of aryl methyl sites for hydroxylation is 1. The molecule has 5 nitrogen and oxygen atoms in total. The smallest absolute Gasteiger partial charge is 0.339 e. The maximum atomic E-state index is 11.4. The number of methoxy groups -OCH3 is 1. The van der Waals surface area contributed by atoms with Gasteiger partial charge in [-0.3, -0.25) is 0 Å². The van der Waals surface area contributed by atoms with Crippen LogP contribution in [-0.2, 0) is 6.42 Å². The molecule has 0 aliphatic carbocycles. The highest BCUT2D eigenvalue weighted by molar-refractivity contribution is 5.97. The Labute approximate surface area is 176 Å². The van der Waals surface area contributed by atoms with Gasteiger partial charge in [-0.05, 0) is 55.1 Å². The van der Waals surface area contributed by atoms with Crippen molar-refractivity contribution in [2.24, 2.45) is 0 Å². The van der Waals surface area contributed by atoms with Crippen molar-refractivity contribution in [3.63, 3.8) is 0 Å². The lowest BCUT2D eigenvalue weighted by Gasteiger charge is -2.26. The zero-order chi connectivity index (χ0) is 20.9. The van der Waals surface area contributed by atoms with Crippen LogP contribution in [0.4, 0.5) is 0 Å². The van der Waals surface area contributed by atoms with Crippen LogP contribution in [-0.4, -0.2) is 29.2 Å². The average molecular weight is 405 g/mol. The molecule has 0 fully saturated rings. The number of carboxylic acid groups (broad SMARTS) is 1. The molecule has 1 aliphatic heterocycles.